The van der Waals surface area contributed by atoms with Crippen LogP contribution in [-0.2, 0) is 5.54 Å². The maximum atomic E-state index is 13.4. The number of nitrogens with one attached hydrogen (secondary N) is 1. The van der Waals surface area contributed by atoms with Gasteiger partial charge < -0.3 is 25.2 Å². The second kappa shape index (κ2) is 10.4. The third kappa shape index (κ3) is 4.60. The number of thiazole rings is 1. The average Bonchev–Trinajstić information content (AvgIpc) is 3.40. The van der Waals surface area contributed by atoms with Crippen molar-refractivity contribution in [1.29, 1.82) is 0 Å². The summed E-state index contributed by atoms with van der Waals surface area (Å²) in [6.45, 7) is 2.99. The summed E-state index contributed by atoms with van der Waals surface area (Å²) in [6.07, 6.45) is 3.62. The average molecular weight is 608 g/mol. The number of allylic oxidation sites excluding steroid dienone is 1. The van der Waals surface area contributed by atoms with Gasteiger partial charge in [-0.1, -0.05) is 0 Å². The quantitative estimate of drug-likeness (QED) is 0.288. The van der Waals surface area contributed by atoms with Gasteiger partial charge in [-0.25, -0.2) is 9.97 Å². The molecule has 3 unspecified atom stereocenters. The van der Waals surface area contributed by atoms with Crippen LogP contribution in [0.1, 0.15) is 50.8 Å². The Labute approximate surface area is 243 Å². The number of rotatable bonds is 9. The van der Waals surface area contributed by atoms with E-state index in [1.54, 1.807) is 29.4 Å². The van der Waals surface area contributed by atoms with Gasteiger partial charge in [0.15, 0.2) is 10.8 Å². The standard InChI is InChI=1S/C26H32F3N9O3S/c1-15-21(41)25(37-8-19(32-13-37)17-3-4-17,24(12-39,10-30-15)36-6-5-18(40)7-36)11-31-20-9-42-23(34-20)22-35-33-14-38(22)16(2)26(27,28)29/h8-10,13-14,16-18,31,39-41H,3-7,11-12H2,1-2H3/t16-,18?,24?,25?/m0/s1. The molecule has 4 atom stereocenters. The van der Waals surface area contributed by atoms with Crippen molar-refractivity contribution in [1.82, 2.24) is 34.2 Å². The molecule has 3 aliphatic rings. The van der Waals surface area contributed by atoms with Crippen LogP contribution in [0.2, 0.25) is 0 Å². The maximum Gasteiger partial charge on any atom is 0.408 e. The van der Waals surface area contributed by atoms with Crippen LogP contribution < -0.4 is 5.32 Å². The molecule has 12 nitrogen and oxygen atoms in total. The van der Waals surface area contributed by atoms with Gasteiger partial charge >= 0.3 is 6.18 Å². The van der Waals surface area contributed by atoms with Gasteiger partial charge in [0, 0.05) is 43.3 Å². The van der Waals surface area contributed by atoms with Gasteiger partial charge in [-0.05, 0) is 33.1 Å². The number of anilines is 1. The Hall–Kier alpha value is -3.34. The third-order valence-electron chi connectivity index (χ3n) is 8.61. The highest BCUT2D eigenvalue weighted by Gasteiger charge is 2.61. The summed E-state index contributed by atoms with van der Waals surface area (Å²) in [7, 11) is 0. The summed E-state index contributed by atoms with van der Waals surface area (Å²) >= 11 is 1.10. The predicted octanol–water partition coefficient (Wildman–Crippen LogP) is 3.08. The zero-order chi connectivity index (χ0) is 29.9. The van der Waals surface area contributed by atoms with Crippen molar-refractivity contribution >= 4 is 23.4 Å². The summed E-state index contributed by atoms with van der Waals surface area (Å²) in [5.41, 5.74) is -1.41. The lowest BCUT2D eigenvalue weighted by Crippen LogP contribution is -2.71. The minimum atomic E-state index is -4.49. The van der Waals surface area contributed by atoms with Crippen LogP contribution in [-0.4, -0.2) is 99.8 Å². The third-order valence-corrected chi connectivity index (χ3v) is 9.45. The number of halogens is 3. The largest absolute Gasteiger partial charge is 0.508 e. The fraction of sp³-hybridized carbons (Fsp3) is 0.577. The Balaban J connectivity index is 1.39. The van der Waals surface area contributed by atoms with Crippen LogP contribution in [0.4, 0.5) is 19.0 Å². The van der Waals surface area contributed by atoms with Crippen molar-refractivity contribution in [3.8, 4) is 10.8 Å². The summed E-state index contributed by atoms with van der Waals surface area (Å²) in [4.78, 5) is 15.5. The number of hydrogen-bond acceptors (Lipinski definition) is 11. The highest BCUT2D eigenvalue weighted by molar-refractivity contribution is 7.13. The number of β-amino-alcohol motifs (C(OH)–C–C–N with tert-alkyl or cyclic N) is 1. The first kappa shape index (κ1) is 28.8. The Morgan fingerprint density at radius 1 is 1.24 bits per heavy atom. The summed E-state index contributed by atoms with van der Waals surface area (Å²) in [6, 6.07) is -1.85. The molecule has 42 heavy (non-hydrogen) atoms. The lowest BCUT2D eigenvalue weighted by molar-refractivity contribution is -0.162. The number of alkyl halides is 3. The van der Waals surface area contributed by atoms with Crippen LogP contribution in [0, 0.1) is 0 Å². The molecule has 0 bridgehead atoms. The highest BCUT2D eigenvalue weighted by Crippen LogP contribution is 2.47. The van der Waals surface area contributed by atoms with E-state index in [9.17, 15) is 28.5 Å². The molecule has 16 heteroatoms. The van der Waals surface area contributed by atoms with E-state index >= 15 is 0 Å². The molecule has 4 N–H and O–H groups in total. The van der Waals surface area contributed by atoms with Gasteiger partial charge in [-0.2, -0.15) is 13.2 Å². The van der Waals surface area contributed by atoms with E-state index < -0.39 is 36.0 Å². The number of aliphatic imine (C=N–C) groups is 1. The van der Waals surface area contributed by atoms with E-state index in [0.29, 0.717) is 30.4 Å². The molecular formula is C26H32F3N9O3S. The second-order valence-electron chi connectivity index (χ2n) is 11.2. The highest BCUT2D eigenvalue weighted by atomic mass is 32.1. The molecule has 0 amide bonds. The zero-order valence-corrected chi connectivity index (χ0v) is 23.8. The lowest BCUT2D eigenvalue weighted by atomic mass is 9.72. The number of likely N-dealkylation sites (tertiary alicyclic amines) is 1. The van der Waals surface area contributed by atoms with E-state index in [1.807, 2.05) is 11.1 Å². The number of aromatic nitrogens is 6. The normalized spacial score (nSPS) is 27.6. The summed E-state index contributed by atoms with van der Waals surface area (Å²) < 4.78 is 43.0. The maximum absolute atomic E-state index is 13.4. The summed E-state index contributed by atoms with van der Waals surface area (Å²) in [5, 5.41) is 46.0. The van der Waals surface area contributed by atoms with E-state index in [1.165, 1.54) is 0 Å². The molecule has 226 valence electrons. The SMILES string of the molecule is CC1=C(O)C(CNc2csc(-c3nncn3[C@@H](C)C(F)(F)F)n2)(n2cnc(C3CC3)c2)C(CO)(N2CCC(O)C2)C=N1. The molecule has 1 saturated heterocycles. The van der Waals surface area contributed by atoms with Crippen LogP contribution in [0.25, 0.3) is 10.8 Å². The van der Waals surface area contributed by atoms with Crippen LogP contribution in [0.3, 0.4) is 0 Å². The second-order valence-corrected chi connectivity index (χ2v) is 12.0. The molecule has 2 fully saturated rings. The van der Waals surface area contributed by atoms with E-state index in [4.69, 9.17) is 0 Å². The van der Waals surface area contributed by atoms with Gasteiger partial charge in [-0.15, -0.1) is 21.5 Å². The smallest absolute Gasteiger partial charge is 0.408 e. The minimum absolute atomic E-state index is 0.00460. The van der Waals surface area contributed by atoms with Gasteiger partial charge in [0.05, 0.1) is 30.4 Å². The molecule has 2 aliphatic heterocycles. The minimum Gasteiger partial charge on any atom is -0.508 e. The Morgan fingerprint density at radius 2 is 2.02 bits per heavy atom. The molecule has 0 aromatic carbocycles. The van der Waals surface area contributed by atoms with E-state index in [0.717, 1.165) is 47.7 Å². The monoisotopic (exact) mass is 607 g/mol. The Kier molecular flexibility index (Phi) is 7.14. The van der Waals surface area contributed by atoms with Gasteiger partial charge in [0.1, 0.15) is 35.0 Å². The fourth-order valence-corrected chi connectivity index (χ4v) is 6.68. The molecular weight excluding hydrogens is 575 g/mol. The predicted molar refractivity (Wildman–Crippen MR) is 148 cm³/mol. The van der Waals surface area contributed by atoms with Gasteiger partial charge in [0.25, 0.3) is 0 Å². The Morgan fingerprint density at radius 3 is 2.69 bits per heavy atom. The van der Waals surface area contributed by atoms with Crippen molar-refractivity contribution in [3.63, 3.8) is 0 Å². The van der Waals surface area contributed by atoms with Crippen molar-refractivity contribution in [3.05, 3.63) is 41.4 Å². The van der Waals surface area contributed by atoms with Crippen LogP contribution in [0.5, 0.6) is 0 Å². The molecule has 0 spiro atoms. The topological polar surface area (TPSA) is 150 Å². The molecule has 1 saturated carbocycles. The van der Waals surface area contributed by atoms with Gasteiger partial charge in [0.2, 0.25) is 0 Å². The zero-order valence-electron chi connectivity index (χ0n) is 23.0. The van der Waals surface area contributed by atoms with Crippen LogP contribution in [0.15, 0.2) is 40.7 Å². The number of nitrogens with zero attached hydrogens (tertiary/aromatic N) is 8. The van der Waals surface area contributed by atoms with Gasteiger partial charge in [-0.3, -0.25) is 14.5 Å². The number of imidazole rings is 1. The Bertz CT molecular complexity index is 1510. The first-order valence-electron chi connectivity index (χ1n) is 13.7. The molecule has 6 rings (SSSR count). The van der Waals surface area contributed by atoms with Crippen LogP contribution >= 0.6 is 11.3 Å². The molecule has 3 aromatic heterocycles. The van der Waals surface area contributed by atoms with Crippen molar-refractivity contribution in [2.75, 3.05) is 31.6 Å². The van der Waals surface area contributed by atoms with Crippen molar-refractivity contribution in [2.45, 2.75) is 68.4 Å². The number of hydrogen-bond donors (Lipinski definition) is 4. The lowest BCUT2D eigenvalue weighted by Gasteiger charge is -2.53. The number of aliphatic hydroxyl groups excluding tert-OH is 3. The number of aliphatic hydroxyl groups is 3. The molecule has 5 heterocycles. The fourth-order valence-electron chi connectivity index (χ4n) is 5.92. The van der Waals surface area contributed by atoms with Crippen molar-refractivity contribution < 1.29 is 28.5 Å². The van der Waals surface area contributed by atoms with E-state index in [2.05, 4.69) is 30.5 Å². The van der Waals surface area contributed by atoms with E-state index in [-0.39, 0.29) is 29.7 Å². The molecule has 1 aliphatic carbocycles. The summed E-state index contributed by atoms with van der Waals surface area (Å²) in [5.74, 6) is 0.570. The first-order chi connectivity index (χ1) is 20.0. The molecule has 3 aromatic rings. The first-order valence-corrected chi connectivity index (χ1v) is 14.6. The molecule has 0 radical (unpaired) electrons. The van der Waals surface area contributed by atoms with Crippen molar-refractivity contribution in [2.24, 2.45) is 4.99 Å².